The first-order chi connectivity index (χ1) is 11.7. The summed E-state index contributed by atoms with van der Waals surface area (Å²) in [6.07, 6.45) is 4.66. The van der Waals surface area contributed by atoms with Crippen LogP contribution in [0.25, 0.3) is 0 Å². The van der Waals surface area contributed by atoms with E-state index in [2.05, 4.69) is 11.4 Å². The van der Waals surface area contributed by atoms with Crippen LogP contribution in [0.3, 0.4) is 0 Å². The van der Waals surface area contributed by atoms with Gasteiger partial charge >= 0.3 is 0 Å². The number of likely N-dealkylation sites (tertiary alicyclic amines) is 1. The molecule has 0 aromatic heterocycles. The molecule has 2 saturated heterocycles. The Morgan fingerprint density at radius 2 is 1.88 bits per heavy atom. The van der Waals surface area contributed by atoms with E-state index in [4.69, 9.17) is 0 Å². The van der Waals surface area contributed by atoms with Crippen molar-refractivity contribution in [1.82, 2.24) is 10.2 Å². The molecule has 2 amide bonds. The zero-order valence-electron chi connectivity index (χ0n) is 14.5. The van der Waals surface area contributed by atoms with Crippen LogP contribution in [0.2, 0.25) is 0 Å². The van der Waals surface area contributed by atoms with Crippen LogP contribution in [0.15, 0.2) is 24.3 Å². The molecule has 4 rings (SSSR count). The van der Waals surface area contributed by atoms with Gasteiger partial charge in [0.25, 0.3) is 0 Å². The first-order valence-electron chi connectivity index (χ1n) is 9.04. The standard InChI is InChI=1S/C19H25N3O2.ClH/c23-17-6-5-15-3-1-2-4-16(15)22(17)13-18(24)21-11-8-19(9-12-21)7-10-20-14-19;/h1-4,20H,5-14H2;1H. The summed E-state index contributed by atoms with van der Waals surface area (Å²) in [5.74, 6) is 0.149. The topological polar surface area (TPSA) is 52.7 Å². The lowest BCUT2D eigenvalue weighted by Crippen LogP contribution is -2.49. The maximum Gasteiger partial charge on any atom is 0.242 e. The molecule has 25 heavy (non-hydrogen) atoms. The second kappa shape index (κ2) is 7.34. The lowest BCUT2D eigenvalue weighted by molar-refractivity contribution is -0.133. The molecule has 0 bridgehead atoms. The number of fused-ring (bicyclic) bond motifs is 1. The highest BCUT2D eigenvalue weighted by Gasteiger charge is 2.38. The predicted molar refractivity (Wildman–Crippen MR) is 100 cm³/mol. The van der Waals surface area contributed by atoms with Gasteiger partial charge in [0.2, 0.25) is 11.8 Å². The summed E-state index contributed by atoms with van der Waals surface area (Å²) in [5, 5.41) is 3.45. The van der Waals surface area contributed by atoms with Crippen LogP contribution in [-0.4, -0.2) is 49.4 Å². The second-order valence-electron chi connectivity index (χ2n) is 7.42. The summed E-state index contributed by atoms with van der Waals surface area (Å²) in [5.41, 5.74) is 2.49. The van der Waals surface area contributed by atoms with Crippen LogP contribution in [0.1, 0.15) is 31.2 Å². The van der Waals surface area contributed by atoms with E-state index in [9.17, 15) is 9.59 Å². The Morgan fingerprint density at radius 1 is 1.12 bits per heavy atom. The first-order valence-corrected chi connectivity index (χ1v) is 9.04. The Kier molecular flexibility index (Phi) is 5.35. The van der Waals surface area contributed by atoms with Crippen LogP contribution >= 0.6 is 12.4 Å². The largest absolute Gasteiger partial charge is 0.341 e. The van der Waals surface area contributed by atoms with Gasteiger partial charge < -0.3 is 15.1 Å². The van der Waals surface area contributed by atoms with Crippen LogP contribution in [0.5, 0.6) is 0 Å². The fourth-order valence-electron chi connectivity index (χ4n) is 4.36. The third-order valence-corrected chi connectivity index (χ3v) is 5.99. The molecule has 1 aromatic rings. The van der Waals surface area contributed by atoms with Crippen molar-refractivity contribution in [3.8, 4) is 0 Å². The fraction of sp³-hybridized carbons (Fsp3) is 0.579. The van der Waals surface area contributed by atoms with E-state index in [0.29, 0.717) is 11.8 Å². The number of aryl methyl sites for hydroxylation is 1. The predicted octanol–water partition coefficient (Wildman–Crippen LogP) is 1.99. The van der Waals surface area contributed by atoms with Gasteiger partial charge in [-0.05, 0) is 49.3 Å². The Hall–Kier alpha value is -1.59. The van der Waals surface area contributed by atoms with Gasteiger partial charge in [-0.1, -0.05) is 18.2 Å². The number of rotatable bonds is 2. The highest BCUT2D eigenvalue weighted by atomic mass is 35.5. The van der Waals surface area contributed by atoms with Crippen LogP contribution < -0.4 is 10.2 Å². The van der Waals surface area contributed by atoms with Gasteiger partial charge in [0.05, 0.1) is 0 Å². The quantitative estimate of drug-likeness (QED) is 0.874. The summed E-state index contributed by atoms with van der Waals surface area (Å²) in [4.78, 5) is 28.7. The number of carbonyl (C=O) groups excluding carboxylic acids is 2. The van der Waals surface area contributed by atoms with Crippen molar-refractivity contribution in [1.29, 1.82) is 0 Å². The van der Waals surface area contributed by atoms with E-state index in [1.54, 1.807) is 4.90 Å². The van der Waals surface area contributed by atoms with E-state index in [-0.39, 0.29) is 30.8 Å². The zero-order chi connectivity index (χ0) is 16.6. The maximum atomic E-state index is 12.7. The van der Waals surface area contributed by atoms with Gasteiger partial charge in [-0.2, -0.15) is 0 Å². The van der Waals surface area contributed by atoms with Crippen molar-refractivity contribution in [2.75, 3.05) is 37.6 Å². The molecular weight excluding hydrogens is 338 g/mol. The molecule has 3 aliphatic rings. The minimum atomic E-state index is 0. The monoisotopic (exact) mass is 363 g/mol. The number of para-hydroxylation sites is 1. The molecule has 3 aliphatic heterocycles. The van der Waals surface area contributed by atoms with E-state index in [1.165, 1.54) is 12.0 Å². The summed E-state index contributed by atoms with van der Waals surface area (Å²) in [7, 11) is 0. The highest BCUT2D eigenvalue weighted by molar-refractivity contribution is 6.01. The molecule has 1 aromatic carbocycles. The number of hydrogen-bond acceptors (Lipinski definition) is 3. The number of hydrogen-bond donors (Lipinski definition) is 1. The number of anilines is 1. The van der Waals surface area contributed by atoms with Gasteiger partial charge in [-0.3, -0.25) is 9.59 Å². The smallest absolute Gasteiger partial charge is 0.242 e. The SMILES string of the molecule is Cl.O=C(CN1C(=O)CCc2ccccc21)N1CCC2(CCNC2)CC1. The molecule has 0 radical (unpaired) electrons. The van der Waals surface area contributed by atoms with Crippen molar-refractivity contribution < 1.29 is 9.59 Å². The molecule has 6 heteroatoms. The average molecular weight is 364 g/mol. The average Bonchev–Trinajstić information content (AvgIpc) is 3.06. The van der Waals surface area contributed by atoms with Crippen LogP contribution in [-0.2, 0) is 16.0 Å². The van der Waals surface area contributed by atoms with E-state index >= 15 is 0 Å². The number of halogens is 1. The second-order valence-corrected chi connectivity index (χ2v) is 7.42. The fourth-order valence-corrected chi connectivity index (χ4v) is 4.36. The van der Waals surface area contributed by atoms with Crippen LogP contribution in [0, 0.1) is 5.41 Å². The summed E-state index contributed by atoms with van der Waals surface area (Å²) in [6, 6.07) is 7.94. The number of benzene rings is 1. The molecule has 1 N–H and O–H groups in total. The number of nitrogens with one attached hydrogen (secondary N) is 1. The van der Waals surface area contributed by atoms with Crippen LogP contribution in [0.4, 0.5) is 5.69 Å². The molecule has 5 nitrogen and oxygen atoms in total. The van der Waals surface area contributed by atoms with Crippen molar-refractivity contribution in [2.45, 2.75) is 32.1 Å². The van der Waals surface area contributed by atoms with E-state index in [0.717, 1.165) is 51.1 Å². The summed E-state index contributed by atoms with van der Waals surface area (Å²) in [6.45, 7) is 4.02. The maximum absolute atomic E-state index is 12.7. The Morgan fingerprint density at radius 3 is 2.60 bits per heavy atom. The van der Waals surface area contributed by atoms with E-state index < -0.39 is 0 Å². The number of nitrogens with zero attached hydrogens (tertiary/aromatic N) is 2. The molecule has 0 aliphatic carbocycles. The van der Waals surface area contributed by atoms with E-state index in [1.807, 2.05) is 23.1 Å². The molecule has 2 fully saturated rings. The Labute approximate surface area is 155 Å². The molecule has 0 saturated carbocycles. The molecule has 0 unspecified atom stereocenters. The van der Waals surface area contributed by atoms with Gasteiger partial charge in [0.15, 0.2) is 0 Å². The summed E-state index contributed by atoms with van der Waals surface area (Å²) < 4.78 is 0. The lowest BCUT2D eigenvalue weighted by atomic mass is 9.78. The Bertz CT molecular complexity index is 648. The number of carbonyl (C=O) groups is 2. The number of piperidine rings is 1. The van der Waals surface area contributed by atoms with Crippen molar-refractivity contribution in [3.05, 3.63) is 29.8 Å². The van der Waals surface area contributed by atoms with Gasteiger partial charge in [0, 0.05) is 31.7 Å². The Balaban J connectivity index is 0.00000182. The third-order valence-electron chi connectivity index (χ3n) is 5.99. The molecule has 3 heterocycles. The first kappa shape index (κ1) is 18.2. The third kappa shape index (κ3) is 3.53. The van der Waals surface area contributed by atoms with Gasteiger partial charge in [0.1, 0.15) is 6.54 Å². The van der Waals surface area contributed by atoms with Crippen molar-refractivity contribution in [2.24, 2.45) is 5.41 Å². The molecule has 1 spiro atoms. The lowest BCUT2D eigenvalue weighted by Gasteiger charge is -2.40. The highest BCUT2D eigenvalue weighted by Crippen LogP contribution is 2.37. The van der Waals surface area contributed by atoms with Crippen molar-refractivity contribution in [3.63, 3.8) is 0 Å². The molecule has 0 atom stereocenters. The minimum absolute atomic E-state index is 0. The number of amides is 2. The summed E-state index contributed by atoms with van der Waals surface area (Å²) >= 11 is 0. The van der Waals surface area contributed by atoms with Gasteiger partial charge in [-0.25, -0.2) is 0 Å². The molecular formula is C19H26ClN3O2. The van der Waals surface area contributed by atoms with Gasteiger partial charge in [-0.15, -0.1) is 12.4 Å². The zero-order valence-corrected chi connectivity index (χ0v) is 15.3. The normalized spacial score (nSPS) is 21.8. The minimum Gasteiger partial charge on any atom is -0.341 e. The van der Waals surface area contributed by atoms with Crippen molar-refractivity contribution >= 4 is 29.9 Å². The molecule has 136 valence electrons.